The minimum atomic E-state index is -1.09. The van der Waals surface area contributed by atoms with Crippen molar-refractivity contribution in [3.8, 4) is 5.75 Å². The summed E-state index contributed by atoms with van der Waals surface area (Å²) >= 11 is 0. The molecule has 1 fully saturated rings. The van der Waals surface area contributed by atoms with Crippen LogP contribution in [0.25, 0.3) is 0 Å². The summed E-state index contributed by atoms with van der Waals surface area (Å²) in [6.07, 6.45) is -1.90. The number of carbonyl (C=O) groups is 5. The van der Waals surface area contributed by atoms with Gasteiger partial charge in [-0.15, -0.1) is 0 Å². The number of phenolic OH excluding ortho intramolecular Hbond substituents is 1. The molecule has 1 aliphatic rings. The standard InChI is InChI=1S/C27H33N5O7/c1-15-3-5-17(6-4-15)14-21(25(36)31-20(24(28)35)13-18-7-9-19(34)10-8-18)32-27(38)23-22(39-23)26(37)30-12-11-29-16(2)33/h3-10,20-23,34H,11-14H2,1-2H3,(H2,28,35)(H,29,33)(H,30,37)(H,31,36)(H,32,38)/t20-,21-,22-,23-/m0/s1. The monoisotopic (exact) mass is 539 g/mol. The molecule has 0 radical (unpaired) electrons. The molecule has 4 atom stereocenters. The van der Waals surface area contributed by atoms with Crippen LogP contribution in [0.15, 0.2) is 48.5 Å². The van der Waals surface area contributed by atoms with Gasteiger partial charge in [0.05, 0.1) is 0 Å². The SMILES string of the molecule is CC(=O)NCCNC(=O)[C@H]1O[C@@H]1C(=O)N[C@@H](Cc1ccc(C)cc1)C(=O)N[C@@H](Cc1ccc(O)cc1)C(N)=O. The van der Waals surface area contributed by atoms with E-state index >= 15 is 0 Å². The predicted molar refractivity (Wildman–Crippen MR) is 140 cm³/mol. The third-order valence-electron chi connectivity index (χ3n) is 6.04. The summed E-state index contributed by atoms with van der Waals surface area (Å²) in [5.41, 5.74) is 7.98. The maximum atomic E-state index is 13.3. The van der Waals surface area contributed by atoms with Crippen LogP contribution in [0.3, 0.4) is 0 Å². The number of phenols is 1. The lowest BCUT2D eigenvalue weighted by Crippen LogP contribution is -2.55. The molecule has 1 heterocycles. The van der Waals surface area contributed by atoms with Crippen LogP contribution in [-0.4, -0.2) is 72.0 Å². The number of nitrogens with one attached hydrogen (secondary N) is 4. The summed E-state index contributed by atoms with van der Waals surface area (Å²) in [6, 6.07) is 11.3. The predicted octanol–water partition coefficient (Wildman–Crippen LogP) is -1.04. The fourth-order valence-corrected chi connectivity index (χ4v) is 3.82. The Balaban J connectivity index is 1.65. The number of aromatic hydroxyl groups is 1. The van der Waals surface area contributed by atoms with Crippen molar-refractivity contribution in [1.82, 2.24) is 21.3 Å². The number of carbonyl (C=O) groups excluding carboxylic acids is 5. The van der Waals surface area contributed by atoms with E-state index in [1.54, 1.807) is 12.1 Å². The first kappa shape index (κ1) is 29.1. The number of ether oxygens (including phenoxy) is 1. The van der Waals surface area contributed by atoms with Crippen molar-refractivity contribution in [3.63, 3.8) is 0 Å². The Hall–Kier alpha value is -4.45. The second kappa shape index (κ2) is 13.4. The van der Waals surface area contributed by atoms with Gasteiger partial charge in [0, 0.05) is 32.9 Å². The smallest absolute Gasteiger partial charge is 0.253 e. The fraction of sp³-hybridized carbons (Fsp3) is 0.370. The molecule has 5 amide bonds. The Morgan fingerprint density at radius 2 is 1.36 bits per heavy atom. The van der Waals surface area contributed by atoms with Gasteiger partial charge in [-0.1, -0.05) is 42.0 Å². The number of rotatable bonds is 13. The third kappa shape index (κ3) is 9.11. The highest BCUT2D eigenvalue weighted by molar-refractivity contribution is 5.97. The van der Waals surface area contributed by atoms with Gasteiger partial charge in [0.25, 0.3) is 11.8 Å². The van der Waals surface area contributed by atoms with Crippen molar-refractivity contribution in [1.29, 1.82) is 0 Å². The van der Waals surface area contributed by atoms with Crippen molar-refractivity contribution in [2.45, 2.75) is 51.0 Å². The molecule has 7 N–H and O–H groups in total. The molecule has 2 aromatic carbocycles. The molecule has 1 aliphatic heterocycles. The van der Waals surface area contributed by atoms with Crippen molar-refractivity contribution in [2.75, 3.05) is 13.1 Å². The Labute approximate surface area is 225 Å². The van der Waals surface area contributed by atoms with Crippen LogP contribution >= 0.6 is 0 Å². The quantitative estimate of drug-likeness (QED) is 0.138. The van der Waals surface area contributed by atoms with E-state index in [1.165, 1.54) is 19.1 Å². The van der Waals surface area contributed by atoms with Gasteiger partial charge in [-0.05, 0) is 30.2 Å². The third-order valence-corrected chi connectivity index (χ3v) is 6.04. The average molecular weight is 540 g/mol. The second-order valence-corrected chi connectivity index (χ2v) is 9.34. The van der Waals surface area contributed by atoms with E-state index in [0.29, 0.717) is 5.56 Å². The minimum Gasteiger partial charge on any atom is -0.508 e. The molecular formula is C27H33N5O7. The van der Waals surface area contributed by atoms with Gasteiger partial charge in [-0.25, -0.2) is 0 Å². The number of aryl methyl sites for hydroxylation is 1. The highest BCUT2D eigenvalue weighted by atomic mass is 16.6. The van der Waals surface area contributed by atoms with Gasteiger partial charge in [0.15, 0.2) is 12.2 Å². The molecule has 0 saturated carbocycles. The van der Waals surface area contributed by atoms with Crippen LogP contribution in [0.1, 0.15) is 23.6 Å². The van der Waals surface area contributed by atoms with E-state index in [9.17, 15) is 29.1 Å². The summed E-state index contributed by atoms with van der Waals surface area (Å²) in [5.74, 6) is -2.74. The van der Waals surface area contributed by atoms with Crippen molar-refractivity contribution in [2.24, 2.45) is 5.73 Å². The van der Waals surface area contributed by atoms with E-state index in [1.807, 2.05) is 31.2 Å². The van der Waals surface area contributed by atoms with Crippen LogP contribution in [-0.2, 0) is 41.6 Å². The zero-order valence-electron chi connectivity index (χ0n) is 21.7. The van der Waals surface area contributed by atoms with Gasteiger partial charge in [-0.2, -0.15) is 0 Å². The largest absolute Gasteiger partial charge is 0.508 e. The van der Waals surface area contributed by atoms with E-state index in [-0.39, 0.29) is 37.6 Å². The number of amides is 5. The molecule has 208 valence electrons. The van der Waals surface area contributed by atoms with Gasteiger partial charge < -0.3 is 36.8 Å². The first-order valence-electron chi connectivity index (χ1n) is 12.4. The maximum absolute atomic E-state index is 13.3. The molecule has 3 rings (SSSR count). The molecule has 12 heteroatoms. The van der Waals surface area contributed by atoms with Crippen LogP contribution in [0.2, 0.25) is 0 Å². The number of hydrogen-bond acceptors (Lipinski definition) is 7. The lowest BCUT2D eigenvalue weighted by Gasteiger charge is -2.22. The number of epoxide rings is 1. The summed E-state index contributed by atoms with van der Waals surface area (Å²) < 4.78 is 5.24. The van der Waals surface area contributed by atoms with Gasteiger partial charge in [0.1, 0.15) is 17.8 Å². The lowest BCUT2D eigenvalue weighted by atomic mass is 10.0. The van der Waals surface area contributed by atoms with E-state index in [0.717, 1.165) is 11.1 Å². The van der Waals surface area contributed by atoms with Gasteiger partial charge in [-0.3, -0.25) is 24.0 Å². The first-order valence-corrected chi connectivity index (χ1v) is 12.4. The molecular weight excluding hydrogens is 506 g/mol. The van der Waals surface area contributed by atoms with Crippen LogP contribution in [0, 0.1) is 6.92 Å². The normalized spacial score (nSPS) is 17.3. The highest BCUT2D eigenvalue weighted by Gasteiger charge is 2.50. The Kier molecular flexibility index (Phi) is 9.98. The summed E-state index contributed by atoms with van der Waals surface area (Å²) in [7, 11) is 0. The minimum absolute atomic E-state index is 0.0568. The van der Waals surface area contributed by atoms with E-state index < -0.39 is 47.9 Å². The second-order valence-electron chi connectivity index (χ2n) is 9.34. The number of benzene rings is 2. The molecule has 0 aromatic heterocycles. The molecule has 39 heavy (non-hydrogen) atoms. The zero-order valence-corrected chi connectivity index (χ0v) is 21.7. The van der Waals surface area contributed by atoms with Crippen LogP contribution in [0.5, 0.6) is 5.75 Å². The molecule has 2 aromatic rings. The fourth-order valence-electron chi connectivity index (χ4n) is 3.82. The maximum Gasteiger partial charge on any atom is 0.253 e. The first-order chi connectivity index (χ1) is 18.5. The number of primary amides is 1. The van der Waals surface area contributed by atoms with Gasteiger partial charge >= 0.3 is 0 Å². The topological polar surface area (TPSA) is 192 Å². The average Bonchev–Trinajstić information content (AvgIpc) is 3.69. The summed E-state index contributed by atoms with van der Waals surface area (Å²) in [6.45, 7) is 3.67. The number of nitrogens with two attached hydrogens (primary N) is 1. The van der Waals surface area contributed by atoms with Crippen LogP contribution in [0.4, 0.5) is 0 Å². The lowest BCUT2D eigenvalue weighted by molar-refractivity contribution is -0.131. The van der Waals surface area contributed by atoms with Crippen molar-refractivity contribution < 1.29 is 33.8 Å². The highest BCUT2D eigenvalue weighted by Crippen LogP contribution is 2.23. The van der Waals surface area contributed by atoms with Crippen LogP contribution < -0.4 is 27.0 Å². The van der Waals surface area contributed by atoms with E-state index in [2.05, 4.69) is 21.3 Å². The van der Waals surface area contributed by atoms with Crippen molar-refractivity contribution in [3.05, 3.63) is 65.2 Å². The van der Waals surface area contributed by atoms with Gasteiger partial charge in [0.2, 0.25) is 17.7 Å². The molecule has 0 aliphatic carbocycles. The molecule has 1 saturated heterocycles. The summed E-state index contributed by atoms with van der Waals surface area (Å²) in [5, 5.41) is 19.8. The Bertz CT molecular complexity index is 1200. The Morgan fingerprint density at radius 3 is 1.95 bits per heavy atom. The summed E-state index contributed by atoms with van der Waals surface area (Å²) in [4.78, 5) is 61.4. The Morgan fingerprint density at radius 1 is 0.821 bits per heavy atom. The number of hydrogen-bond donors (Lipinski definition) is 6. The molecule has 12 nitrogen and oxygen atoms in total. The molecule has 0 spiro atoms. The van der Waals surface area contributed by atoms with Crippen molar-refractivity contribution >= 4 is 29.5 Å². The molecule has 0 unspecified atom stereocenters. The van der Waals surface area contributed by atoms with E-state index in [4.69, 9.17) is 10.5 Å². The molecule has 0 bridgehead atoms. The zero-order chi connectivity index (χ0) is 28.5.